The molecule has 3 rings (SSSR count). The van der Waals surface area contributed by atoms with Crippen molar-refractivity contribution < 1.29 is 4.79 Å². The summed E-state index contributed by atoms with van der Waals surface area (Å²) in [5.74, 6) is -0.00939. The summed E-state index contributed by atoms with van der Waals surface area (Å²) in [6.07, 6.45) is 2.38. The number of hydrogen-bond acceptors (Lipinski definition) is 4. The zero-order valence-corrected chi connectivity index (χ0v) is 14.5. The third-order valence-electron chi connectivity index (χ3n) is 3.75. The molecule has 1 atom stereocenters. The number of hydrogen-bond donors (Lipinski definition) is 1. The van der Waals surface area contributed by atoms with Gasteiger partial charge >= 0.3 is 0 Å². The molecule has 122 valence electrons. The molecule has 0 unspecified atom stereocenters. The van der Waals surface area contributed by atoms with E-state index in [1.54, 1.807) is 6.21 Å². The molecule has 0 spiro atoms. The molecule has 0 bridgehead atoms. The van der Waals surface area contributed by atoms with Crippen LogP contribution in [0, 0.1) is 13.8 Å². The average Bonchev–Trinajstić information content (AvgIpc) is 2.91. The van der Waals surface area contributed by atoms with Crippen LogP contribution in [0.4, 0.5) is 0 Å². The Kier molecular flexibility index (Phi) is 5.11. The molecule has 1 N–H and O–H groups in total. The monoisotopic (exact) mass is 337 g/mol. The second kappa shape index (κ2) is 7.45. The van der Waals surface area contributed by atoms with Crippen molar-refractivity contribution in [1.82, 2.24) is 5.32 Å². The van der Waals surface area contributed by atoms with Crippen LogP contribution in [0.1, 0.15) is 22.3 Å². The third kappa shape index (κ3) is 4.32. The number of nitrogens with zero attached hydrogens (tertiary/aromatic N) is 2. The summed E-state index contributed by atoms with van der Waals surface area (Å²) in [6.45, 7) is 4.09. The van der Waals surface area contributed by atoms with Gasteiger partial charge in [-0.1, -0.05) is 71.4 Å². The standard InChI is InChI=1S/C19H19N3OS/c1-13-3-7-15(8-4-13)11-17-18(23)21-19(24-17)22-20-12-16-9-5-14(2)6-10-16/h3-10,12,17H,11H2,1-2H3,(H,21,22,23)/t17-/m1/s1. The van der Waals surface area contributed by atoms with Crippen LogP contribution >= 0.6 is 11.8 Å². The Morgan fingerprint density at radius 1 is 1.04 bits per heavy atom. The number of amidine groups is 1. The van der Waals surface area contributed by atoms with Crippen molar-refractivity contribution in [3.8, 4) is 0 Å². The van der Waals surface area contributed by atoms with Gasteiger partial charge in [-0.25, -0.2) is 0 Å². The van der Waals surface area contributed by atoms with Gasteiger partial charge in [-0.2, -0.15) is 5.10 Å². The summed E-state index contributed by atoms with van der Waals surface area (Å²) in [5.41, 5.74) is 4.55. The maximum absolute atomic E-state index is 12.1. The summed E-state index contributed by atoms with van der Waals surface area (Å²) in [6, 6.07) is 16.3. The Bertz CT molecular complexity index is 779. The molecule has 2 aromatic carbocycles. The number of thioether (sulfide) groups is 1. The van der Waals surface area contributed by atoms with Gasteiger partial charge in [-0.15, -0.1) is 5.10 Å². The zero-order chi connectivity index (χ0) is 16.9. The number of benzene rings is 2. The summed E-state index contributed by atoms with van der Waals surface area (Å²) in [4.78, 5) is 12.1. The van der Waals surface area contributed by atoms with Gasteiger partial charge in [-0.05, 0) is 31.4 Å². The first-order valence-corrected chi connectivity index (χ1v) is 8.69. The van der Waals surface area contributed by atoms with Gasteiger partial charge in [0.15, 0.2) is 5.17 Å². The van der Waals surface area contributed by atoms with Crippen molar-refractivity contribution >= 4 is 29.1 Å². The van der Waals surface area contributed by atoms with Gasteiger partial charge in [0.1, 0.15) is 0 Å². The molecule has 1 fully saturated rings. The molecule has 1 saturated heterocycles. The van der Waals surface area contributed by atoms with Crippen molar-refractivity contribution in [2.75, 3.05) is 0 Å². The van der Waals surface area contributed by atoms with Crippen molar-refractivity contribution in [2.24, 2.45) is 10.2 Å². The SMILES string of the molecule is Cc1ccc(C=N/N=C2\NC(=O)[C@@H](Cc3ccc(C)cc3)S2)cc1. The van der Waals surface area contributed by atoms with Crippen LogP contribution in [0.25, 0.3) is 0 Å². The molecular formula is C19H19N3OS. The molecule has 4 nitrogen and oxygen atoms in total. The van der Waals surface area contributed by atoms with Gasteiger partial charge in [-0.3, -0.25) is 4.79 Å². The van der Waals surface area contributed by atoms with Crippen LogP contribution in [0.2, 0.25) is 0 Å². The molecule has 1 amide bonds. The smallest absolute Gasteiger partial charge is 0.239 e. The van der Waals surface area contributed by atoms with Gasteiger partial charge < -0.3 is 5.32 Å². The fourth-order valence-electron chi connectivity index (χ4n) is 2.33. The average molecular weight is 337 g/mol. The fourth-order valence-corrected chi connectivity index (χ4v) is 3.29. The molecule has 0 aromatic heterocycles. The van der Waals surface area contributed by atoms with E-state index in [0.29, 0.717) is 11.6 Å². The van der Waals surface area contributed by atoms with Crippen molar-refractivity contribution in [3.63, 3.8) is 0 Å². The lowest BCUT2D eigenvalue weighted by Gasteiger charge is -2.05. The molecule has 1 aliphatic heterocycles. The Balaban J connectivity index is 1.61. The fraction of sp³-hybridized carbons (Fsp3) is 0.211. The highest BCUT2D eigenvalue weighted by atomic mass is 32.2. The van der Waals surface area contributed by atoms with Crippen LogP contribution in [0.15, 0.2) is 58.7 Å². The topological polar surface area (TPSA) is 53.8 Å². The van der Waals surface area contributed by atoms with Crippen LogP contribution < -0.4 is 5.32 Å². The second-order valence-electron chi connectivity index (χ2n) is 5.85. The predicted octanol–water partition coefficient (Wildman–Crippen LogP) is 3.47. The van der Waals surface area contributed by atoms with Crippen molar-refractivity contribution in [3.05, 3.63) is 70.8 Å². The maximum Gasteiger partial charge on any atom is 0.239 e. The van der Waals surface area contributed by atoms with Gasteiger partial charge in [0.05, 0.1) is 11.5 Å². The molecular weight excluding hydrogens is 318 g/mol. The van der Waals surface area contributed by atoms with E-state index in [0.717, 1.165) is 11.1 Å². The number of carbonyl (C=O) groups is 1. The first-order chi connectivity index (χ1) is 11.6. The second-order valence-corrected chi connectivity index (χ2v) is 7.04. The van der Waals surface area contributed by atoms with E-state index < -0.39 is 0 Å². The van der Waals surface area contributed by atoms with Crippen LogP contribution in [0.3, 0.4) is 0 Å². The Morgan fingerprint density at radius 2 is 1.67 bits per heavy atom. The quantitative estimate of drug-likeness (QED) is 0.686. The van der Waals surface area contributed by atoms with Gasteiger partial charge in [0.25, 0.3) is 0 Å². The highest BCUT2D eigenvalue weighted by Crippen LogP contribution is 2.23. The van der Waals surface area contributed by atoms with Crippen LogP contribution in [0.5, 0.6) is 0 Å². The molecule has 1 heterocycles. The number of aryl methyl sites for hydroxylation is 2. The van der Waals surface area contributed by atoms with E-state index >= 15 is 0 Å². The Labute approximate surface area is 146 Å². The van der Waals surface area contributed by atoms with Crippen molar-refractivity contribution in [2.45, 2.75) is 25.5 Å². The number of amides is 1. The molecule has 0 saturated carbocycles. The highest BCUT2D eigenvalue weighted by Gasteiger charge is 2.30. The lowest BCUT2D eigenvalue weighted by Crippen LogP contribution is -2.25. The van der Waals surface area contributed by atoms with Gasteiger partial charge in [0, 0.05) is 0 Å². The maximum atomic E-state index is 12.1. The number of carbonyl (C=O) groups excluding carboxylic acids is 1. The Morgan fingerprint density at radius 3 is 2.33 bits per heavy atom. The first-order valence-electron chi connectivity index (χ1n) is 7.81. The minimum Gasteiger partial charge on any atom is -0.303 e. The van der Waals surface area contributed by atoms with Crippen molar-refractivity contribution in [1.29, 1.82) is 0 Å². The first kappa shape index (κ1) is 16.5. The molecule has 2 aromatic rings. The van der Waals surface area contributed by atoms with E-state index in [4.69, 9.17) is 0 Å². The normalized spacial score (nSPS) is 19.2. The van der Waals surface area contributed by atoms with Gasteiger partial charge in [0.2, 0.25) is 5.91 Å². The van der Waals surface area contributed by atoms with Crippen LogP contribution in [-0.2, 0) is 11.2 Å². The molecule has 0 aliphatic carbocycles. The zero-order valence-electron chi connectivity index (χ0n) is 13.7. The van der Waals surface area contributed by atoms with E-state index in [9.17, 15) is 4.79 Å². The molecule has 5 heteroatoms. The number of nitrogens with one attached hydrogen (secondary N) is 1. The molecule has 1 aliphatic rings. The summed E-state index contributed by atoms with van der Waals surface area (Å²) < 4.78 is 0. The minimum atomic E-state index is -0.152. The summed E-state index contributed by atoms with van der Waals surface area (Å²) in [5, 5.41) is 11.4. The summed E-state index contributed by atoms with van der Waals surface area (Å²) >= 11 is 1.43. The lowest BCUT2D eigenvalue weighted by molar-refractivity contribution is -0.118. The minimum absolute atomic E-state index is 0.00939. The number of rotatable bonds is 4. The largest absolute Gasteiger partial charge is 0.303 e. The van der Waals surface area contributed by atoms with E-state index in [-0.39, 0.29) is 11.2 Å². The Hall–Kier alpha value is -2.40. The van der Waals surface area contributed by atoms with Crippen LogP contribution in [-0.4, -0.2) is 22.5 Å². The summed E-state index contributed by atoms with van der Waals surface area (Å²) in [7, 11) is 0. The lowest BCUT2D eigenvalue weighted by atomic mass is 10.1. The molecule has 24 heavy (non-hydrogen) atoms. The predicted molar refractivity (Wildman–Crippen MR) is 101 cm³/mol. The van der Waals surface area contributed by atoms with E-state index in [1.165, 1.54) is 22.9 Å². The highest BCUT2D eigenvalue weighted by molar-refractivity contribution is 8.15. The van der Waals surface area contributed by atoms with E-state index in [2.05, 4.69) is 46.7 Å². The van der Waals surface area contributed by atoms with E-state index in [1.807, 2.05) is 31.2 Å². The third-order valence-corrected chi connectivity index (χ3v) is 4.82. The molecule has 0 radical (unpaired) electrons.